The van der Waals surface area contributed by atoms with Crippen molar-refractivity contribution in [1.82, 2.24) is 5.43 Å². The molecule has 0 aliphatic carbocycles. The Kier molecular flexibility index (Phi) is 6.72. The molecule has 6 nitrogen and oxygen atoms in total. The first-order valence-electron chi connectivity index (χ1n) is 6.25. The third-order valence-corrected chi connectivity index (χ3v) is 3.75. The summed E-state index contributed by atoms with van der Waals surface area (Å²) in [5, 5.41) is 3.70. The number of urea groups is 1. The Bertz CT molecular complexity index is 485. The third-order valence-electron chi connectivity index (χ3n) is 2.68. The molecule has 3 N–H and O–H groups in total. The number of rotatable bonds is 7. The summed E-state index contributed by atoms with van der Waals surface area (Å²) in [5.74, 6) is 0.118. The van der Waals surface area contributed by atoms with Crippen LogP contribution in [0.2, 0.25) is 0 Å². The lowest BCUT2D eigenvalue weighted by Gasteiger charge is -2.08. The lowest BCUT2D eigenvalue weighted by molar-refractivity contribution is -0.141. The SMILES string of the molecule is COC(=O)CC(C)CCc1ccc(C=NNC(N)=O)s1. The predicted molar refractivity (Wildman–Crippen MR) is 78.8 cm³/mol. The normalized spacial score (nSPS) is 12.3. The van der Waals surface area contributed by atoms with Crippen LogP contribution in [0.15, 0.2) is 17.2 Å². The van der Waals surface area contributed by atoms with Crippen molar-refractivity contribution in [3.63, 3.8) is 0 Å². The average Bonchev–Trinajstić information content (AvgIpc) is 2.83. The fraction of sp³-hybridized carbons (Fsp3) is 0.462. The zero-order chi connectivity index (χ0) is 15.0. The number of methoxy groups -OCH3 is 1. The highest BCUT2D eigenvalue weighted by Crippen LogP contribution is 2.19. The molecule has 20 heavy (non-hydrogen) atoms. The zero-order valence-corrected chi connectivity index (χ0v) is 12.4. The molecule has 7 heteroatoms. The van der Waals surface area contributed by atoms with Crippen LogP contribution in [0.25, 0.3) is 0 Å². The maximum Gasteiger partial charge on any atom is 0.332 e. The van der Waals surface area contributed by atoms with Crippen LogP contribution in [0.1, 0.15) is 29.5 Å². The van der Waals surface area contributed by atoms with Crippen LogP contribution in [0.3, 0.4) is 0 Å². The highest BCUT2D eigenvalue weighted by atomic mass is 32.1. The molecule has 1 aromatic rings. The van der Waals surface area contributed by atoms with Gasteiger partial charge in [0.15, 0.2) is 0 Å². The van der Waals surface area contributed by atoms with Gasteiger partial charge in [-0.05, 0) is 30.9 Å². The lowest BCUT2D eigenvalue weighted by Crippen LogP contribution is -2.24. The molecule has 0 spiro atoms. The van der Waals surface area contributed by atoms with Crippen molar-refractivity contribution in [2.24, 2.45) is 16.8 Å². The van der Waals surface area contributed by atoms with E-state index in [4.69, 9.17) is 5.73 Å². The second-order valence-corrected chi connectivity index (χ2v) is 5.66. The molecule has 1 atom stereocenters. The highest BCUT2D eigenvalue weighted by Gasteiger charge is 2.09. The van der Waals surface area contributed by atoms with E-state index in [-0.39, 0.29) is 11.9 Å². The van der Waals surface area contributed by atoms with Gasteiger partial charge in [0.1, 0.15) is 0 Å². The molecule has 0 bridgehead atoms. The van der Waals surface area contributed by atoms with Crippen molar-refractivity contribution < 1.29 is 14.3 Å². The summed E-state index contributed by atoms with van der Waals surface area (Å²) in [6.45, 7) is 2.03. The van der Waals surface area contributed by atoms with Crippen LogP contribution in [-0.2, 0) is 16.0 Å². The van der Waals surface area contributed by atoms with Gasteiger partial charge in [-0.25, -0.2) is 10.2 Å². The maximum atomic E-state index is 11.1. The topological polar surface area (TPSA) is 93.8 Å². The lowest BCUT2D eigenvalue weighted by atomic mass is 10.0. The van der Waals surface area contributed by atoms with Crippen molar-refractivity contribution in [3.05, 3.63) is 21.9 Å². The second kappa shape index (κ2) is 8.31. The molecule has 1 unspecified atom stereocenters. The standard InChI is InChI=1S/C13H19N3O3S/c1-9(7-12(17)19-2)3-4-10-5-6-11(20-10)8-15-16-13(14)18/h5-6,8-9H,3-4,7H2,1-2H3,(H3,14,16,18). The number of hydrogen-bond acceptors (Lipinski definition) is 5. The maximum absolute atomic E-state index is 11.1. The number of primary amides is 1. The fourth-order valence-corrected chi connectivity index (χ4v) is 2.52. The number of nitrogens with zero attached hydrogens (tertiary/aromatic N) is 1. The number of amides is 2. The van der Waals surface area contributed by atoms with Crippen molar-refractivity contribution in [3.8, 4) is 0 Å². The van der Waals surface area contributed by atoms with Gasteiger partial charge in [0, 0.05) is 16.2 Å². The first kappa shape index (κ1) is 16.2. The van der Waals surface area contributed by atoms with E-state index in [0.29, 0.717) is 6.42 Å². The highest BCUT2D eigenvalue weighted by molar-refractivity contribution is 7.13. The molecule has 0 radical (unpaired) electrons. The molecule has 1 aromatic heterocycles. The summed E-state index contributed by atoms with van der Waals surface area (Å²) in [6, 6.07) is 3.26. The van der Waals surface area contributed by atoms with E-state index in [1.54, 1.807) is 17.6 Å². The number of hydrazone groups is 1. The van der Waals surface area contributed by atoms with E-state index in [2.05, 4.69) is 15.3 Å². The summed E-state index contributed by atoms with van der Waals surface area (Å²) in [4.78, 5) is 23.7. The minimum absolute atomic E-state index is 0.172. The molecule has 110 valence electrons. The number of carbonyl (C=O) groups is 2. The van der Waals surface area contributed by atoms with Crippen LogP contribution >= 0.6 is 11.3 Å². The van der Waals surface area contributed by atoms with Crippen LogP contribution in [0.4, 0.5) is 4.79 Å². The molecule has 2 amide bonds. The van der Waals surface area contributed by atoms with Crippen molar-refractivity contribution >= 4 is 29.6 Å². The van der Waals surface area contributed by atoms with E-state index in [9.17, 15) is 9.59 Å². The van der Waals surface area contributed by atoms with E-state index < -0.39 is 6.03 Å². The molecule has 0 fully saturated rings. The van der Waals surface area contributed by atoms with Crippen molar-refractivity contribution in [2.75, 3.05) is 7.11 Å². The van der Waals surface area contributed by atoms with Crippen molar-refractivity contribution in [2.45, 2.75) is 26.2 Å². The van der Waals surface area contributed by atoms with Gasteiger partial charge < -0.3 is 10.5 Å². The number of thiophene rings is 1. The van der Waals surface area contributed by atoms with Crippen molar-refractivity contribution in [1.29, 1.82) is 0 Å². The second-order valence-electron chi connectivity index (χ2n) is 4.46. The monoisotopic (exact) mass is 297 g/mol. The Balaban J connectivity index is 2.38. The minimum atomic E-state index is -0.685. The van der Waals surface area contributed by atoms with Gasteiger partial charge in [-0.15, -0.1) is 11.3 Å². The number of aryl methyl sites for hydroxylation is 1. The number of carbonyl (C=O) groups excluding carboxylic acids is 2. The Morgan fingerprint density at radius 3 is 2.95 bits per heavy atom. The first-order chi connectivity index (χ1) is 9.51. The van der Waals surface area contributed by atoms with Gasteiger partial charge >= 0.3 is 12.0 Å². The van der Waals surface area contributed by atoms with Crippen LogP contribution in [0.5, 0.6) is 0 Å². The largest absolute Gasteiger partial charge is 0.469 e. The number of ether oxygens (including phenoxy) is 1. The smallest absolute Gasteiger partial charge is 0.332 e. The summed E-state index contributed by atoms with van der Waals surface area (Å²) >= 11 is 1.59. The van der Waals surface area contributed by atoms with E-state index in [0.717, 1.165) is 17.7 Å². The van der Waals surface area contributed by atoms with Gasteiger partial charge in [-0.2, -0.15) is 5.10 Å². The van der Waals surface area contributed by atoms with E-state index in [1.807, 2.05) is 19.1 Å². The van der Waals surface area contributed by atoms with Gasteiger partial charge in [0.25, 0.3) is 0 Å². The molecule has 1 heterocycles. The minimum Gasteiger partial charge on any atom is -0.469 e. The predicted octanol–water partition coefficient (Wildman–Crippen LogP) is 1.88. The average molecular weight is 297 g/mol. The first-order valence-corrected chi connectivity index (χ1v) is 7.07. The zero-order valence-electron chi connectivity index (χ0n) is 11.6. The summed E-state index contributed by atoms with van der Waals surface area (Å²) in [6.07, 6.45) is 3.82. The number of esters is 1. The van der Waals surface area contributed by atoms with Gasteiger partial charge in [-0.3, -0.25) is 4.79 Å². The Hall–Kier alpha value is -1.89. The van der Waals surface area contributed by atoms with E-state index >= 15 is 0 Å². The number of nitrogens with one attached hydrogen (secondary N) is 1. The molecule has 0 saturated heterocycles. The van der Waals surface area contributed by atoms with Crippen LogP contribution in [0, 0.1) is 5.92 Å². The quantitative estimate of drug-likeness (QED) is 0.457. The Morgan fingerprint density at radius 1 is 1.55 bits per heavy atom. The molecule has 1 rings (SSSR count). The molecule has 0 aliphatic heterocycles. The fourth-order valence-electron chi connectivity index (χ4n) is 1.62. The third kappa shape index (κ3) is 6.33. The summed E-state index contributed by atoms with van der Waals surface area (Å²) in [7, 11) is 1.40. The van der Waals surface area contributed by atoms with Gasteiger partial charge in [0.05, 0.1) is 13.3 Å². The summed E-state index contributed by atoms with van der Waals surface area (Å²) in [5.41, 5.74) is 7.04. The Labute approximate surface area is 122 Å². The van der Waals surface area contributed by atoms with Gasteiger partial charge in [0.2, 0.25) is 0 Å². The van der Waals surface area contributed by atoms with Crippen LogP contribution in [-0.4, -0.2) is 25.3 Å². The molecule has 0 aliphatic rings. The van der Waals surface area contributed by atoms with Gasteiger partial charge in [-0.1, -0.05) is 6.92 Å². The van der Waals surface area contributed by atoms with Crippen LogP contribution < -0.4 is 11.2 Å². The summed E-state index contributed by atoms with van der Waals surface area (Å²) < 4.78 is 4.64. The molecule has 0 saturated carbocycles. The Morgan fingerprint density at radius 2 is 2.30 bits per heavy atom. The molecular formula is C13H19N3O3S. The van der Waals surface area contributed by atoms with E-state index in [1.165, 1.54) is 12.0 Å². The number of nitrogens with two attached hydrogens (primary N) is 1. The molecular weight excluding hydrogens is 278 g/mol. The number of hydrogen-bond donors (Lipinski definition) is 2. The molecule has 0 aromatic carbocycles.